The summed E-state index contributed by atoms with van der Waals surface area (Å²) in [7, 11) is 0. The van der Waals surface area contributed by atoms with Crippen LogP contribution in [-0.2, 0) is 0 Å². The number of hydrogen-bond donors (Lipinski definition) is 0. The highest BCUT2D eigenvalue weighted by molar-refractivity contribution is 5.76. The van der Waals surface area contributed by atoms with Crippen LogP contribution in [-0.4, -0.2) is 29.3 Å². The van der Waals surface area contributed by atoms with E-state index in [1.165, 1.54) is 12.1 Å². The third kappa shape index (κ3) is 4.13. The van der Waals surface area contributed by atoms with Gasteiger partial charge in [-0.25, -0.2) is 9.37 Å². The molecule has 1 saturated heterocycles. The molecule has 0 saturated carbocycles. The van der Waals surface area contributed by atoms with Crippen LogP contribution in [0, 0.1) is 5.82 Å². The molecule has 1 fully saturated rings. The molecule has 0 bridgehead atoms. The fourth-order valence-corrected chi connectivity index (χ4v) is 3.79. The monoisotopic (exact) mass is 421 g/mol. The highest BCUT2D eigenvalue weighted by atomic mass is 19.1. The number of piperidine rings is 1. The largest absolute Gasteiger partial charge is 0.490 e. The molecule has 2 aromatic heterocycles. The molecule has 0 spiro atoms. The van der Waals surface area contributed by atoms with Crippen molar-refractivity contribution in [3.8, 4) is 17.2 Å². The topological polar surface area (TPSA) is 64.5 Å². The molecule has 160 valence electrons. The van der Waals surface area contributed by atoms with E-state index in [0.717, 1.165) is 48.8 Å². The molecule has 31 heavy (non-hydrogen) atoms. The lowest BCUT2D eigenvalue weighted by atomic mass is 10.1. The van der Waals surface area contributed by atoms with Gasteiger partial charge in [-0.15, -0.1) is 0 Å². The first kappa shape index (κ1) is 19.6. The highest BCUT2D eigenvalue weighted by Crippen LogP contribution is 2.29. The minimum absolute atomic E-state index is 0.155. The number of rotatable bonds is 5. The van der Waals surface area contributed by atoms with E-state index in [1.54, 1.807) is 6.07 Å². The predicted molar refractivity (Wildman–Crippen MR) is 116 cm³/mol. The van der Waals surface area contributed by atoms with Crippen molar-refractivity contribution in [2.75, 3.05) is 18.0 Å². The van der Waals surface area contributed by atoms with E-state index in [1.807, 2.05) is 30.3 Å². The molecule has 0 unspecified atom stereocenters. The average molecular weight is 421 g/mol. The summed E-state index contributed by atoms with van der Waals surface area (Å²) in [6, 6.07) is 14.0. The van der Waals surface area contributed by atoms with Crippen LogP contribution in [0.15, 0.2) is 57.5 Å². The van der Waals surface area contributed by atoms with E-state index < -0.39 is 0 Å². The maximum absolute atomic E-state index is 13.4. The van der Waals surface area contributed by atoms with Crippen LogP contribution in [0.1, 0.15) is 38.3 Å². The van der Waals surface area contributed by atoms with Gasteiger partial charge in [0.05, 0.1) is 5.69 Å². The Morgan fingerprint density at radius 2 is 1.84 bits per heavy atom. The molecule has 2 aromatic carbocycles. The van der Waals surface area contributed by atoms with Crippen molar-refractivity contribution in [3.63, 3.8) is 0 Å². The fraction of sp³-hybridized carbons (Fsp3) is 0.333. The lowest BCUT2D eigenvalue weighted by molar-refractivity contribution is 0.169. The van der Waals surface area contributed by atoms with E-state index in [0.29, 0.717) is 22.9 Å². The van der Waals surface area contributed by atoms with Gasteiger partial charge < -0.3 is 18.6 Å². The standard InChI is InChI=1S/C24H24FN3O3/c1-15(2)20-14-23(31-27-20)28-11-9-19(10-12-28)29-18-6-3-16(4-7-18)24-26-21-13-17(25)5-8-22(21)30-24/h3-8,13-15,19H,9-12H2,1-2H3. The predicted octanol–water partition coefficient (Wildman–Crippen LogP) is 5.79. The molecule has 1 aliphatic rings. The van der Waals surface area contributed by atoms with Gasteiger partial charge in [0.25, 0.3) is 0 Å². The van der Waals surface area contributed by atoms with Gasteiger partial charge in [-0.05, 0) is 42.3 Å². The van der Waals surface area contributed by atoms with E-state index in [2.05, 4.69) is 28.9 Å². The molecule has 7 heteroatoms. The second-order valence-electron chi connectivity index (χ2n) is 8.20. The van der Waals surface area contributed by atoms with Gasteiger partial charge in [-0.2, -0.15) is 0 Å². The SMILES string of the molecule is CC(C)c1cc(N2CCC(Oc3ccc(-c4nc5cc(F)ccc5o4)cc3)CC2)on1. The van der Waals surface area contributed by atoms with Crippen LogP contribution in [0.2, 0.25) is 0 Å². The molecular weight excluding hydrogens is 397 g/mol. The first-order valence-electron chi connectivity index (χ1n) is 10.6. The van der Waals surface area contributed by atoms with Gasteiger partial charge in [-0.1, -0.05) is 19.0 Å². The van der Waals surface area contributed by atoms with Crippen molar-refractivity contribution in [1.29, 1.82) is 0 Å². The zero-order valence-corrected chi connectivity index (χ0v) is 17.5. The van der Waals surface area contributed by atoms with Crippen LogP contribution >= 0.6 is 0 Å². The van der Waals surface area contributed by atoms with E-state index in [-0.39, 0.29) is 11.9 Å². The van der Waals surface area contributed by atoms with Gasteiger partial charge in [0.2, 0.25) is 11.8 Å². The van der Waals surface area contributed by atoms with Gasteiger partial charge in [0, 0.05) is 43.6 Å². The third-order valence-corrected chi connectivity index (χ3v) is 5.61. The summed E-state index contributed by atoms with van der Waals surface area (Å²) in [5, 5.41) is 4.15. The number of benzene rings is 2. The van der Waals surface area contributed by atoms with Crippen molar-refractivity contribution in [3.05, 3.63) is 60.0 Å². The van der Waals surface area contributed by atoms with Crippen molar-refractivity contribution in [2.45, 2.75) is 38.7 Å². The number of anilines is 1. The van der Waals surface area contributed by atoms with Crippen molar-refractivity contribution in [1.82, 2.24) is 10.1 Å². The summed E-state index contributed by atoms with van der Waals surface area (Å²) in [6.45, 7) is 5.96. The summed E-state index contributed by atoms with van der Waals surface area (Å²) in [5.74, 6) is 2.15. The molecule has 0 atom stereocenters. The number of hydrogen-bond acceptors (Lipinski definition) is 6. The van der Waals surface area contributed by atoms with Crippen LogP contribution in [0.5, 0.6) is 5.75 Å². The Balaban J connectivity index is 1.20. The molecule has 1 aliphatic heterocycles. The highest BCUT2D eigenvalue weighted by Gasteiger charge is 2.23. The molecule has 0 amide bonds. The van der Waals surface area contributed by atoms with Crippen LogP contribution < -0.4 is 9.64 Å². The quantitative estimate of drug-likeness (QED) is 0.406. The summed E-state index contributed by atoms with van der Waals surface area (Å²) in [6.07, 6.45) is 1.98. The minimum Gasteiger partial charge on any atom is -0.490 e. The maximum Gasteiger partial charge on any atom is 0.227 e. The number of fused-ring (bicyclic) bond motifs is 1. The summed E-state index contributed by atoms with van der Waals surface area (Å²) >= 11 is 0. The Kier molecular flexibility index (Phi) is 5.10. The molecular formula is C24H24FN3O3. The number of nitrogens with zero attached hydrogens (tertiary/aromatic N) is 3. The minimum atomic E-state index is -0.328. The first-order chi connectivity index (χ1) is 15.0. The number of ether oxygens (including phenoxy) is 1. The fourth-order valence-electron chi connectivity index (χ4n) is 3.79. The Hall–Kier alpha value is -3.35. The summed E-state index contributed by atoms with van der Waals surface area (Å²) < 4.78 is 30.8. The van der Waals surface area contributed by atoms with Gasteiger partial charge in [0.1, 0.15) is 23.2 Å². The normalized spacial score (nSPS) is 15.2. The van der Waals surface area contributed by atoms with Gasteiger partial charge in [0.15, 0.2) is 5.58 Å². The third-order valence-electron chi connectivity index (χ3n) is 5.61. The maximum atomic E-state index is 13.4. The van der Waals surface area contributed by atoms with Crippen molar-refractivity contribution in [2.24, 2.45) is 0 Å². The van der Waals surface area contributed by atoms with Crippen LogP contribution in [0.4, 0.5) is 10.3 Å². The molecule has 4 aromatic rings. The number of aromatic nitrogens is 2. The van der Waals surface area contributed by atoms with Crippen LogP contribution in [0.3, 0.4) is 0 Å². The lowest BCUT2D eigenvalue weighted by Crippen LogP contribution is -2.38. The molecule has 0 radical (unpaired) electrons. The lowest BCUT2D eigenvalue weighted by Gasteiger charge is -2.31. The molecule has 6 nitrogen and oxygen atoms in total. The molecule has 5 rings (SSSR count). The summed E-state index contributed by atoms with van der Waals surface area (Å²) in [4.78, 5) is 6.59. The van der Waals surface area contributed by atoms with E-state index in [4.69, 9.17) is 13.7 Å². The Bertz CT molecular complexity index is 1170. The Morgan fingerprint density at radius 1 is 1.06 bits per heavy atom. The first-order valence-corrected chi connectivity index (χ1v) is 10.6. The molecule has 0 N–H and O–H groups in total. The smallest absolute Gasteiger partial charge is 0.227 e. The van der Waals surface area contributed by atoms with Gasteiger partial charge in [-0.3, -0.25) is 0 Å². The molecule has 3 heterocycles. The zero-order chi connectivity index (χ0) is 21.4. The van der Waals surface area contributed by atoms with Crippen molar-refractivity contribution < 1.29 is 18.1 Å². The Morgan fingerprint density at radius 3 is 2.55 bits per heavy atom. The average Bonchev–Trinajstić information content (AvgIpc) is 3.42. The van der Waals surface area contributed by atoms with Crippen molar-refractivity contribution >= 4 is 17.0 Å². The number of oxazole rings is 1. The molecule has 0 aliphatic carbocycles. The van der Waals surface area contributed by atoms with E-state index >= 15 is 0 Å². The summed E-state index contributed by atoms with van der Waals surface area (Å²) in [5.41, 5.74) is 2.88. The zero-order valence-electron chi connectivity index (χ0n) is 17.5. The second-order valence-corrected chi connectivity index (χ2v) is 8.20. The number of halogens is 1. The van der Waals surface area contributed by atoms with E-state index in [9.17, 15) is 4.39 Å². The van der Waals surface area contributed by atoms with Gasteiger partial charge >= 0.3 is 0 Å². The Labute approximate surface area is 179 Å². The van der Waals surface area contributed by atoms with Crippen LogP contribution in [0.25, 0.3) is 22.6 Å². The second kappa shape index (κ2) is 8.06.